The summed E-state index contributed by atoms with van der Waals surface area (Å²) >= 11 is 0.911. The Morgan fingerprint density at radius 2 is 1.94 bits per heavy atom. The van der Waals surface area contributed by atoms with Crippen molar-refractivity contribution in [1.29, 1.82) is 0 Å². The Morgan fingerprint density at radius 3 is 2.52 bits per heavy atom. The lowest BCUT2D eigenvalue weighted by Crippen LogP contribution is -2.39. The minimum Gasteiger partial charge on any atom is -0.481 e. The maximum Gasteiger partial charge on any atom is 0.434 e. The second-order valence-electron chi connectivity index (χ2n) is 9.27. The summed E-state index contributed by atoms with van der Waals surface area (Å²) in [6.45, 7) is 6.98. The van der Waals surface area contributed by atoms with Gasteiger partial charge in [0.05, 0.1) is 17.8 Å². The van der Waals surface area contributed by atoms with E-state index in [4.69, 9.17) is 0 Å². The fourth-order valence-corrected chi connectivity index (χ4v) is 5.13. The molecule has 1 aliphatic rings. The Hall–Kier alpha value is -2.29. The maximum atomic E-state index is 13.1. The van der Waals surface area contributed by atoms with Crippen LogP contribution in [0, 0.1) is 5.92 Å². The molecule has 0 unspecified atom stereocenters. The van der Waals surface area contributed by atoms with E-state index in [-0.39, 0.29) is 17.5 Å². The van der Waals surface area contributed by atoms with Gasteiger partial charge in [0.15, 0.2) is 10.8 Å². The van der Waals surface area contributed by atoms with Crippen molar-refractivity contribution in [1.82, 2.24) is 4.98 Å². The number of alkyl halides is 3. The highest BCUT2D eigenvalue weighted by Crippen LogP contribution is 2.39. The van der Waals surface area contributed by atoms with Gasteiger partial charge >= 0.3 is 12.1 Å². The topological polar surface area (TPSA) is 65.5 Å². The first-order valence-electron chi connectivity index (χ1n) is 11.5. The molecular weight excluding hydrogens is 451 g/mol. The number of carbonyl (C=O) groups is 1. The van der Waals surface area contributed by atoms with Crippen LogP contribution >= 0.6 is 11.3 Å². The molecule has 1 aromatic heterocycles. The number of anilines is 3. The molecule has 0 aliphatic heterocycles. The summed E-state index contributed by atoms with van der Waals surface area (Å²) in [5, 5.41) is 13.5. The predicted octanol–water partition coefficient (Wildman–Crippen LogP) is 7.28. The van der Waals surface area contributed by atoms with Crippen LogP contribution < -0.4 is 10.2 Å². The fraction of sp³-hybridized carbons (Fsp3) is 0.583. The number of halogens is 3. The second kappa shape index (κ2) is 10.8. The number of aromatic nitrogens is 1. The van der Waals surface area contributed by atoms with E-state index in [1.807, 2.05) is 25.1 Å². The zero-order valence-electron chi connectivity index (χ0n) is 19.3. The van der Waals surface area contributed by atoms with Crippen LogP contribution in [0.15, 0.2) is 23.6 Å². The molecule has 9 heteroatoms. The van der Waals surface area contributed by atoms with E-state index in [9.17, 15) is 23.1 Å². The molecule has 0 spiro atoms. The Morgan fingerprint density at radius 1 is 1.24 bits per heavy atom. The Labute approximate surface area is 197 Å². The summed E-state index contributed by atoms with van der Waals surface area (Å²) in [4.78, 5) is 17.3. The number of hydrogen-bond donors (Lipinski definition) is 2. The number of carboxylic acid groups (broad SMARTS) is 1. The predicted molar refractivity (Wildman–Crippen MR) is 127 cm³/mol. The van der Waals surface area contributed by atoms with E-state index >= 15 is 0 Å². The number of hydrogen-bond acceptors (Lipinski definition) is 5. The van der Waals surface area contributed by atoms with E-state index in [2.05, 4.69) is 29.0 Å². The van der Waals surface area contributed by atoms with Crippen molar-refractivity contribution in [3.63, 3.8) is 0 Å². The lowest BCUT2D eigenvalue weighted by atomic mass is 9.92. The van der Waals surface area contributed by atoms with Gasteiger partial charge in [0.25, 0.3) is 0 Å². The molecule has 3 rings (SSSR count). The van der Waals surface area contributed by atoms with Gasteiger partial charge in [-0.2, -0.15) is 13.2 Å². The van der Waals surface area contributed by atoms with E-state index in [0.29, 0.717) is 17.6 Å². The molecule has 1 aliphatic carbocycles. The first-order valence-corrected chi connectivity index (χ1v) is 12.3. The molecule has 0 amide bonds. The van der Waals surface area contributed by atoms with Gasteiger partial charge in [0.2, 0.25) is 0 Å². The number of benzene rings is 1. The van der Waals surface area contributed by atoms with Crippen molar-refractivity contribution in [3.8, 4) is 0 Å². The van der Waals surface area contributed by atoms with Gasteiger partial charge in [-0.05, 0) is 42.4 Å². The van der Waals surface area contributed by atoms with E-state index < -0.39 is 17.8 Å². The molecule has 1 saturated carbocycles. The van der Waals surface area contributed by atoms with Crippen LogP contribution in [0.5, 0.6) is 0 Å². The lowest BCUT2D eigenvalue weighted by molar-refractivity contribution is -0.140. The standard InChI is InChI=1S/C24H32F3N3O2S/c1-15(2)13-30(18-7-5-4-6-8-18)20-10-9-17(16(3)11-22(31)32)12-19(20)28-23-29-21(14-33-23)24(25,26)27/h9-10,12,14-16,18H,4-8,11,13H2,1-3H3,(H,28,29)(H,31,32)/t16-/m1/s1. The average Bonchev–Trinajstić information content (AvgIpc) is 3.21. The summed E-state index contributed by atoms with van der Waals surface area (Å²) in [6.07, 6.45) is 1.20. The number of thiazole rings is 1. The van der Waals surface area contributed by atoms with Gasteiger partial charge in [0.1, 0.15) is 0 Å². The van der Waals surface area contributed by atoms with Gasteiger partial charge in [-0.25, -0.2) is 4.98 Å². The molecule has 33 heavy (non-hydrogen) atoms. The number of carboxylic acids is 1. The molecule has 2 aromatic rings. The van der Waals surface area contributed by atoms with Crippen LogP contribution in [0.1, 0.15) is 76.5 Å². The minimum absolute atomic E-state index is 0.0212. The van der Waals surface area contributed by atoms with Crippen molar-refractivity contribution in [2.24, 2.45) is 5.92 Å². The number of aliphatic carboxylic acids is 1. The van der Waals surface area contributed by atoms with Crippen LogP contribution in [-0.2, 0) is 11.0 Å². The highest BCUT2D eigenvalue weighted by atomic mass is 32.1. The molecule has 0 saturated heterocycles. The molecule has 1 aromatic carbocycles. The highest BCUT2D eigenvalue weighted by molar-refractivity contribution is 7.13. The van der Waals surface area contributed by atoms with Crippen molar-refractivity contribution in [2.75, 3.05) is 16.8 Å². The van der Waals surface area contributed by atoms with Crippen LogP contribution in [0.2, 0.25) is 0 Å². The van der Waals surface area contributed by atoms with Crippen molar-refractivity contribution >= 4 is 33.8 Å². The zero-order chi connectivity index (χ0) is 24.2. The normalized spacial score (nSPS) is 16.1. The number of nitrogens with one attached hydrogen (secondary N) is 1. The van der Waals surface area contributed by atoms with Crippen molar-refractivity contribution in [2.45, 2.75) is 77.4 Å². The van der Waals surface area contributed by atoms with Gasteiger partial charge in [-0.15, -0.1) is 11.3 Å². The van der Waals surface area contributed by atoms with E-state index in [0.717, 1.165) is 60.2 Å². The average molecular weight is 484 g/mol. The van der Waals surface area contributed by atoms with Gasteiger partial charge in [-0.3, -0.25) is 4.79 Å². The first-order chi connectivity index (χ1) is 15.5. The summed E-state index contributed by atoms with van der Waals surface area (Å²) in [5.41, 5.74) is 1.49. The second-order valence-corrected chi connectivity index (χ2v) is 10.1. The maximum absolute atomic E-state index is 13.1. The zero-order valence-corrected chi connectivity index (χ0v) is 20.1. The number of rotatable bonds is 9. The first kappa shape index (κ1) is 25.3. The quantitative estimate of drug-likeness (QED) is 0.392. The third-order valence-corrected chi connectivity index (χ3v) is 6.75. The Bertz CT molecular complexity index is 939. The summed E-state index contributed by atoms with van der Waals surface area (Å²) in [6, 6.07) is 6.15. The monoisotopic (exact) mass is 483 g/mol. The molecule has 1 heterocycles. The van der Waals surface area contributed by atoms with Crippen molar-refractivity contribution in [3.05, 3.63) is 34.8 Å². The third kappa shape index (κ3) is 6.85. The molecule has 1 atom stereocenters. The summed E-state index contributed by atoms with van der Waals surface area (Å²) in [7, 11) is 0. The lowest BCUT2D eigenvalue weighted by Gasteiger charge is -2.38. The van der Waals surface area contributed by atoms with Crippen LogP contribution in [0.25, 0.3) is 0 Å². The fourth-order valence-electron chi connectivity index (χ4n) is 4.40. The van der Waals surface area contributed by atoms with Crippen LogP contribution in [0.3, 0.4) is 0 Å². The van der Waals surface area contributed by atoms with Gasteiger partial charge in [-0.1, -0.05) is 46.1 Å². The molecule has 0 bridgehead atoms. The molecular formula is C24H32F3N3O2S. The Balaban J connectivity index is 2.01. The third-order valence-electron chi connectivity index (χ3n) is 5.99. The molecule has 182 valence electrons. The Kier molecular flexibility index (Phi) is 8.26. The number of nitrogens with zero attached hydrogens (tertiary/aromatic N) is 2. The van der Waals surface area contributed by atoms with E-state index in [1.54, 1.807) is 0 Å². The van der Waals surface area contributed by atoms with Crippen molar-refractivity contribution < 1.29 is 23.1 Å². The largest absolute Gasteiger partial charge is 0.481 e. The summed E-state index contributed by atoms with van der Waals surface area (Å²) in [5.74, 6) is -0.714. The van der Waals surface area contributed by atoms with Crippen LogP contribution in [0.4, 0.5) is 29.7 Å². The summed E-state index contributed by atoms with van der Waals surface area (Å²) < 4.78 is 39.2. The SMILES string of the molecule is CC(C)CN(c1ccc([C@H](C)CC(=O)O)cc1Nc1nc(C(F)(F)F)cs1)C1CCCCC1. The molecule has 1 fully saturated rings. The van der Waals surface area contributed by atoms with E-state index in [1.165, 1.54) is 6.42 Å². The molecule has 2 N–H and O–H groups in total. The van der Waals surface area contributed by atoms with Gasteiger partial charge < -0.3 is 15.3 Å². The van der Waals surface area contributed by atoms with Gasteiger partial charge in [0, 0.05) is 18.0 Å². The minimum atomic E-state index is -4.50. The van der Waals surface area contributed by atoms with Crippen LogP contribution in [-0.4, -0.2) is 28.6 Å². The molecule has 5 nitrogen and oxygen atoms in total. The molecule has 0 radical (unpaired) electrons. The smallest absolute Gasteiger partial charge is 0.434 e. The highest BCUT2D eigenvalue weighted by Gasteiger charge is 2.34.